The summed E-state index contributed by atoms with van der Waals surface area (Å²) in [5, 5.41) is 4.00. The van der Waals surface area contributed by atoms with Gasteiger partial charge in [-0.2, -0.15) is 5.10 Å². The van der Waals surface area contributed by atoms with Crippen molar-refractivity contribution in [3.05, 3.63) is 54.1 Å². The van der Waals surface area contributed by atoms with Crippen molar-refractivity contribution in [3.63, 3.8) is 0 Å². The quantitative estimate of drug-likeness (QED) is 0.591. The smallest absolute Gasteiger partial charge is 0.265 e. The monoisotopic (exact) mass is 380 g/mol. The number of ether oxygens (including phenoxy) is 1. The SMILES string of the molecule is CCN(CC)c1ccc(/C=N\NC(=O)CN2C(=O)COc3ccccc32)cc1. The van der Waals surface area contributed by atoms with Crippen molar-refractivity contribution in [2.45, 2.75) is 13.8 Å². The van der Waals surface area contributed by atoms with Gasteiger partial charge in [-0.3, -0.25) is 14.5 Å². The predicted octanol–water partition coefficient (Wildman–Crippen LogP) is 2.41. The first-order valence-electron chi connectivity index (χ1n) is 9.31. The molecule has 2 aromatic carbocycles. The molecular weight excluding hydrogens is 356 g/mol. The van der Waals surface area contributed by atoms with Crippen LogP contribution in [0.15, 0.2) is 53.6 Å². The first-order chi connectivity index (χ1) is 13.6. The normalized spacial score (nSPS) is 13.2. The molecule has 2 aromatic rings. The summed E-state index contributed by atoms with van der Waals surface area (Å²) in [6.07, 6.45) is 1.58. The van der Waals surface area contributed by atoms with Crippen LogP contribution in [-0.2, 0) is 9.59 Å². The number of nitrogens with one attached hydrogen (secondary N) is 1. The molecule has 146 valence electrons. The van der Waals surface area contributed by atoms with Crippen LogP contribution in [0.1, 0.15) is 19.4 Å². The molecular formula is C21H24N4O3. The Labute approximate surface area is 164 Å². The van der Waals surface area contributed by atoms with Gasteiger partial charge in [-0.05, 0) is 43.7 Å². The molecule has 3 rings (SSSR count). The van der Waals surface area contributed by atoms with E-state index in [4.69, 9.17) is 4.74 Å². The van der Waals surface area contributed by atoms with Crippen molar-refractivity contribution >= 4 is 29.4 Å². The number of rotatable bonds is 7. The summed E-state index contributed by atoms with van der Waals surface area (Å²) in [6.45, 7) is 5.94. The van der Waals surface area contributed by atoms with Crippen LogP contribution in [0.3, 0.4) is 0 Å². The van der Waals surface area contributed by atoms with Gasteiger partial charge in [-0.25, -0.2) is 5.43 Å². The van der Waals surface area contributed by atoms with Crippen molar-refractivity contribution in [1.82, 2.24) is 5.43 Å². The fourth-order valence-electron chi connectivity index (χ4n) is 3.05. The highest BCUT2D eigenvalue weighted by atomic mass is 16.5. The van der Waals surface area contributed by atoms with Gasteiger partial charge in [-0.1, -0.05) is 24.3 Å². The van der Waals surface area contributed by atoms with E-state index in [2.05, 4.69) is 29.3 Å². The minimum Gasteiger partial charge on any atom is -0.482 e. The number of carbonyl (C=O) groups excluding carboxylic acids is 2. The Hall–Kier alpha value is -3.35. The van der Waals surface area contributed by atoms with Crippen molar-refractivity contribution in [3.8, 4) is 5.75 Å². The molecule has 0 saturated heterocycles. The summed E-state index contributed by atoms with van der Waals surface area (Å²) in [5.41, 5.74) is 5.09. The number of para-hydroxylation sites is 2. The van der Waals surface area contributed by atoms with Crippen LogP contribution in [-0.4, -0.2) is 44.3 Å². The third-order valence-electron chi connectivity index (χ3n) is 4.53. The Balaban J connectivity index is 1.58. The van der Waals surface area contributed by atoms with Crippen molar-refractivity contribution in [2.24, 2.45) is 5.10 Å². The molecule has 0 bridgehead atoms. The van der Waals surface area contributed by atoms with Gasteiger partial charge in [0.2, 0.25) is 0 Å². The van der Waals surface area contributed by atoms with Crippen LogP contribution in [0, 0.1) is 0 Å². The summed E-state index contributed by atoms with van der Waals surface area (Å²) >= 11 is 0. The molecule has 0 spiro atoms. The zero-order chi connectivity index (χ0) is 19.9. The Morgan fingerprint density at radius 1 is 1.18 bits per heavy atom. The van der Waals surface area contributed by atoms with E-state index in [1.807, 2.05) is 30.3 Å². The van der Waals surface area contributed by atoms with Gasteiger partial charge >= 0.3 is 0 Å². The van der Waals surface area contributed by atoms with Crippen LogP contribution in [0.2, 0.25) is 0 Å². The Bertz CT molecular complexity index is 860. The third kappa shape index (κ3) is 4.49. The molecule has 1 N–H and O–H groups in total. The van der Waals surface area contributed by atoms with E-state index in [1.165, 1.54) is 4.90 Å². The first-order valence-corrected chi connectivity index (χ1v) is 9.31. The molecule has 1 heterocycles. The second-order valence-corrected chi connectivity index (χ2v) is 6.29. The number of hydrogen-bond acceptors (Lipinski definition) is 5. The van der Waals surface area contributed by atoms with Crippen LogP contribution < -0.4 is 20.0 Å². The first kappa shape index (κ1) is 19.4. The second-order valence-electron chi connectivity index (χ2n) is 6.29. The number of hydrogen-bond donors (Lipinski definition) is 1. The van der Waals surface area contributed by atoms with E-state index in [0.717, 1.165) is 24.3 Å². The van der Waals surface area contributed by atoms with Gasteiger partial charge < -0.3 is 9.64 Å². The summed E-state index contributed by atoms with van der Waals surface area (Å²) in [6, 6.07) is 15.1. The zero-order valence-corrected chi connectivity index (χ0v) is 16.1. The van der Waals surface area contributed by atoms with Crippen molar-refractivity contribution < 1.29 is 14.3 Å². The molecule has 1 aliphatic rings. The van der Waals surface area contributed by atoms with Crippen molar-refractivity contribution in [1.29, 1.82) is 0 Å². The molecule has 0 atom stereocenters. The van der Waals surface area contributed by atoms with Crippen LogP contribution in [0.25, 0.3) is 0 Å². The lowest BCUT2D eigenvalue weighted by atomic mass is 10.2. The average molecular weight is 380 g/mol. The van der Waals surface area contributed by atoms with Gasteiger partial charge in [0.1, 0.15) is 12.3 Å². The molecule has 1 aliphatic heterocycles. The maximum absolute atomic E-state index is 12.2. The number of fused-ring (bicyclic) bond motifs is 1. The van der Waals surface area contributed by atoms with E-state index >= 15 is 0 Å². The summed E-state index contributed by atoms with van der Waals surface area (Å²) < 4.78 is 5.37. The zero-order valence-electron chi connectivity index (χ0n) is 16.1. The van der Waals surface area contributed by atoms with E-state index < -0.39 is 0 Å². The number of amides is 2. The van der Waals surface area contributed by atoms with E-state index in [0.29, 0.717) is 11.4 Å². The van der Waals surface area contributed by atoms with Gasteiger partial charge in [0, 0.05) is 18.8 Å². The molecule has 0 radical (unpaired) electrons. The van der Waals surface area contributed by atoms with Crippen LogP contribution in [0.4, 0.5) is 11.4 Å². The number of hydrazone groups is 1. The lowest BCUT2D eigenvalue weighted by molar-refractivity contribution is -0.125. The molecule has 0 aromatic heterocycles. The molecule has 7 heteroatoms. The number of carbonyl (C=O) groups is 2. The average Bonchev–Trinajstić information content (AvgIpc) is 2.72. The largest absolute Gasteiger partial charge is 0.482 e. The predicted molar refractivity (Wildman–Crippen MR) is 110 cm³/mol. The lowest BCUT2D eigenvalue weighted by Crippen LogP contribution is -2.44. The Morgan fingerprint density at radius 3 is 2.61 bits per heavy atom. The summed E-state index contributed by atoms with van der Waals surface area (Å²) in [7, 11) is 0. The molecule has 28 heavy (non-hydrogen) atoms. The van der Waals surface area contributed by atoms with E-state index in [9.17, 15) is 9.59 Å². The molecule has 7 nitrogen and oxygen atoms in total. The van der Waals surface area contributed by atoms with Gasteiger partial charge in [-0.15, -0.1) is 0 Å². The number of nitrogens with zero attached hydrogens (tertiary/aromatic N) is 3. The van der Waals surface area contributed by atoms with Crippen LogP contribution in [0.5, 0.6) is 5.75 Å². The molecule has 0 fully saturated rings. The molecule has 0 unspecified atom stereocenters. The fraction of sp³-hybridized carbons (Fsp3) is 0.286. The van der Waals surface area contributed by atoms with Crippen molar-refractivity contribution in [2.75, 3.05) is 36.0 Å². The molecule has 2 amide bonds. The summed E-state index contributed by atoms with van der Waals surface area (Å²) in [4.78, 5) is 28.0. The van der Waals surface area contributed by atoms with Gasteiger partial charge in [0.05, 0.1) is 11.9 Å². The summed E-state index contributed by atoms with van der Waals surface area (Å²) in [5.74, 6) is -0.0439. The fourth-order valence-corrected chi connectivity index (χ4v) is 3.05. The highest BCUT2D eigenvalue weighted by molar-refractivity contribution is 6.02. The van der Waals surface area contributed by atoms with Gasteiger partial charge in [0.25, 0.3) is 11.8 Å². The standard InChI is InChI=1S/C21H24N4O3/c1-3-24(4-2)17-11-9-16(10-12-17)13-22-23-20(26)14-25-18-7-5-6-8-19(18)28-15-21(25)27/h5-13H,3-4,14-15H2,1-2H3,(H,23,26)/b22-13-. The highest BCUT2D eigenvalue weighted by Crippen LogP contribution is 2.31. The van der Waals surface area contributed by atoms with E-state index in [1.54, 1.807) is 24.4 Å². The lowest BCUT2D eigenvalue weighted by Gasteiger charge is -2.28. The minimum absolute atomic E-state index is 0.0769. The highest BCUT2D eigenvalue weighted by Gasteiger charge is 2.26. The maximum atomic E-state index is 12.2. The van der Waals surface area contributed by atoms with Gasteiger partial charge in [0.15, 0.2) is 6.61 Å². The minimum atomic E-state index is -0.374. The number of benzene rings is 2. The number of anilines is 2. The Morgan fingerprint density at radius 2 is 1.89 bits per heavy atom. The Kier molecular flexibility index (Phi) is 6.26. The van der Waals surface area contributed by atoms with E-state index in [-0.39, 0.29) is 25.0 Å². The maximum Gasteiger partial charge on any atom is 0.265 e. The van der Waals surface area contributed by atoms with Crippen LogP contribution >= 0.6 is 0 Å². The molecule has 0 saturated carbocycles. The topological polar surface area (TPSA) is 74.2 Å². The third-order valence-corrected chi connectivity index (χ3v) is 4.53. The second kappa shape index (κ2) is 9.03. The molecule has 0 aliphatic carbocycles.